The van der Waals surface area contributed by atoms with Crippen molar-refractivity contribution in [2.75, 3.05) is 0 Å². The van der Waals surface area contributed by atoms with E-state index in [0.29, 0.717) is 20.8 Å². The van der Waals surface area contributed by atoms with Gasteiger partial charge in [0.2, 0.25) is 0 Å². The van der Waals surface area contributed by atoms with Crippen LogP contribution in [0.4, 0.5) is 0 Å². The summed E-state index contributed by atoms with van der Waals surface area (Å²) in [6, 6.07) is 0. The summed E-state index contributed by atoms with van der Waals surface area (Å²) >= 11 is 23.2. The van der Waals surface area contributed by atoms with E-state index >= 15 is 0 Å². The van der Waals surface area contributed by atoms with Gasteiger partial charge in [0.15, 0.2) is 5.65 Å². The summed E-state index contributed by atoms with van der Waals surface area (Å²) in [5.41, 5.74) is 0.501. The Morgan fingerprint density at radius 2 is 1.69 bits per heavy atom. The molecule has 0 aromatic carbocycles. The van der Waals surface area contributed by atoms with Gasteiger partial charge in [-0.25, -0.2) is 4.98 Å². The van der Waals surface area contributed by atoms with Crippen molar-refractivity contribution in [2.45, 2.75) is 0 Å². The maximum atomic E-state index is 5.89. The first kappa shape index (κ1) is 9.41. The molecule has 2 aromatic rings. The quantitative estimate of drug-likeness (QED) is 0.697. The molecule has 0 N–H and O–H groups in total. The van der Waals surface area contributed by atoms with Crippen molar-refractivity contribution in [3.05, 3.63) is 32.6 Å². The second-order valence-electron chi connectivity index (χ2n) is 2.40. The molecule has 0 bridgehead atoms. The van der Waals surface area contributed by atoms with Gasteiger partial charge < -0.3 is 4.40 Å². The Hall–Kier alpha value is -0.150. The third-order valence-corrected chi connectivity index (χ3v) is 2.97. The smallest absolute Gasteiger partial charge is 0.159 e. The number of rotatable bonds is 0. The number of halogens is 4. The Morgan fingerprint density at radius 3 is 2.38 bits per heavy atom. The Kier molecular flexibility index (Phi) is 2.32. The number of nitrogens with zero attached hydrogens (tertiary/aromatic N) is 2. The van der Waals surface area contributed by atoms with Gasteiger partial charge in [-0.3, -0.25) is 0 Å². The third kappa shape index (κ3) is 1.48. The van der Waals surface area contributed by atoms with Crippen molar-refractivity contribution in [3.8, 4) is 0 Å². The molecule has 2 nitrogen and oxygen atoms in total. The average molecular weight is 256 g/mol. The monoisotopic (exact) mass is 254 g/mol. The minimum atomic E-state index is 0.290. The molecule has 68 valence electrons. The van der Waals surface area contributed by atoms with E-state index < -0.39 is 0 Å². The fourth-order valence-electron chi connectivity index (χ4n) is 1.01. The van der Waals surface area contributed by atoms with Gasteiger partial charge in [-0.2, -0.15) is 0 Å². The molecule has 0 aliphatic heterocycles. The zero-order valence-corrected chi connectivity index (χ0v) is 9.08. The molecule has 0 aliphatic carbocycles. The molecule has 0 atom stereocenters. The SMILES string of the molecule is Clc1cn2cc(Cl)c(Cl)c(Cl)c2n1. The van der Waals surface area contributed by atoms with E-state index in [4.69, 9.17) is 46.4 Å². The third-order valence-electron chi connectivity index (χ3n) is 1.55. The molecule has 0 saturated heterocycles. The van der Waals surface area contributed by atoms with E-state index in [1.165, 1.54) is 0 Å². The van der Waals surface area contributed by atoms with Crippen molar-refractivity contribution < 1.29 is 0 Å². The van der Waals surface area contributed by atoms with Crippen LogP contribution in [-0.4, -0.2) is 9.38 Å². The topological polar surface area (TPSA) is 17.3 Å². The zero-order chi connectivity index (χ0) is 9.59. The Labute approximate surface area is 94.0 Å². The van der Waals surface area contributed by atoms with E-state index in [2.05, 4.69) is 4.98 Å². The number of hydrogen-bond donors (Lipinski definition) is 0. The Morgan fingerprint density at radius 1 is 1.00 bits per heavy atom. The molecule has 0 saturated carbocycles. The first-order chi connectivity index (χ1) is 6.09. The normalized spacial score (nSPS) is 11.1. The van der Waals surface area contributed by atoms with Crippen LogP contribution in [0.3, 0.4) is 0 Å². The first-order valence-electron chi connectivity index (χ1n) is 3.27. The molecule has 0 amide bonds. The summed E-state index contributed by atoms with van der Waals surface area (Å²) in [5.74, 6) is 0. The number of hydrogen-bond acceptors (Lipinski definition) is 1. The average Bonchev–Trinajstić information content (AvgIpc) is 2.42. The highest BCUT2D eigenvalue weighted by molar-refractivity contribution is 6.49. The van der Waals surface area contributed by atoms with E-state index in [1.807, 2.05) is 0 Å². The van der Waals surface area contributed by atoms with Crippen LogP contribution in [0.2, 0.25) is 20.2 Å². The number of pyridine rings is 1. The van der Waals surface area contributed by atoms with Crippen molar-refractivity contribution in [3.63, 3.8) is 0 Å². The van der Waals surface area contributed by atoms with Crippen LogP contribution in [0.5, 0.6) is 0 Å². The second kappa shape index (κ2) is 3.21. The molecular formula is C7H2Cl4N2. The fraction of sp³-hybridized carbons (Fsp3) is 0. The van der Waals surface area contributed by atoms with Gasteiger partial charge in [-0.15, -0.1) is 0 Å². The summed E-state index contributed by atoms with van der Waals surface area (Å²) < 4.78 is 1.62. The minimum Gasteiger partial charge on any atom is -0.303 e. The van der Waals surface area contributed by atoms with Gasteiger partial charge in [0, 0.05) is 12.4 Å². The second-order valence-corrected chi connectivity index (χ2v) is 3.95. The van der Waals surface area contributed by atoms with Gasteiger partial charge in [0.25, 0.3) is 0 Å². The first-order valence-corrected chi connectivity index (χ1v) is 4.78. The molecule has 6 heteroatoms. The van der Waals surface area contributed by atoms with E-state index in [9.17, 15) is 0 Å². The maximum absolute atomic E-state index is 5.89. The molecule has 0 radical (unpaired) electrons. The van der Waals surface area contributed by atoms with Crippen molar-refractivity contribution in [1.82, 2.24) is 9.38 Å². The summed E-state index contributed by atoms with van der Waals surface area (Å²) in [7, 11) is 0. The van der Waals surface area contributed by atoms with Crippen LogP contribution >= 0.6 is 46.4 Å². The fourth-order valence-corrected chi connectivity index (χ4v) is 1.81. The van der Waals surface area contributed by atoms with Gasteiger partial charge >= 0.3 is 0 Å². The van der Waals surface area contributed by atoms with Crippen molar-refractivity contribution >= 4 is 52.1 Å². The molecule has 0 aliphatic rings. The van der Waals surface area contributed by atoms with Gasteiger partial charge in [-0.1, -0.05) is 46.4 Å². The Bertz CT molecular complexity index is 477. The predicted molar refractivity (Wildman–Crippen MR) is 55.2 cm³/mol. The largest absolute Gasteiger partial charge is 0.303 e. The molecule has 0 fully saturated rings. The highest BCUT2D eigenvalue weighted by atomic mass is 35.5. The number of aromatic nitrogens is 2. The summed E-state index contributed by atoms with van der Waals surface area (Å²) in [6.07, 6.45) is 3.20. The van der Waals surface area contributed by atoms with Gasteiger partial charge in [-0.05, 0) is 0 Å². The Balaban J connectivity index is 2.92. The standard InChI is InChI=1S/C7H2Cl4N2/c8-3-1-13-2-4(9)12-7(13)6(11)5(3)10/h1-2H. The molecule has 0 unspecified atom stereocenters. The van der Waals surface area contributed by atoms with Crippen LogP contribution in [0.1, 0.15) is 0 Å². The van der Waals surface area contributed by atoms with Crippen molar-refractivity contribution in [1.29, 1.82) is 0 Å². The minimum absolute atomic E-state index is 0.290. The molecule has 0 spiro atoms. The van der Waals surface area contributed by atoms with Crippen LogP contribution in [0.25, 0.3) is 5.65 Å². The number of fused-ring (bicyclic) bond motifs is 1. The highest BCUT2D eigenvalue weighted by Gasteiger charge is 2.11. The molecular weight excluding hydrogens is 254 g/mol. The molecule has 2 heterocycles. The van der Waals surface area contributed by atoms with E-state index in [1.54, 1.807) is 16.8 Å². The zero-order valence-electron chi connectivity index (χ0n) is 6.06. The van der Waals surface area contributed by atoms with E-state index in [-0.39, 0.29) is 5.02 Å². The summed E-state index contributed by atoms with van der Waals surface area (Å²) in [4.78, 5) is 3.97. The van der Waals surface area contributed by atoms with Gasteiger partial charge in [0.05, 0.1) is 10.0 Å². The van der Waals surface area contributed by atoms with Crippen LogP contribution in [0.15, 0.2) is 12.4 Å². The van der Waals surface area contributed by atoms with E-state index in [0.717, 1.165) is 0 Å². The van der Waals surface area contributed by atoms with Crippen LogP contribution < -0.4 is 0 Å². The summed E-state index contributed by atoms with van der Waals surface area (Å²) in [6.45, 7) is 0. The lowest BCUT2D eigenvalue weighted by Crippen LogP contribution is -1.85. The summed E-state index contributed by atoms with van der Waals surface area (Å²) in [5, 5.41) is 1.31. The van der Waals surface area contributed by atoms with Crippen LogP contribution in [0, 0.1) is 0 Å². The van der Waals surface area contributed by atoms with Crippen molar-refractivity contribution in [2.24, 2.45) is 0 Å². The lowest BCUT2D eigenvalue weighted by atomic mass is 10.5. The lowest BCUT2D eigenvalue weighted by molar-refractivity contribution is 1.19. The molecule has 13 heavy (non-hydrogen) atoms. The molecule has 2 aromatic heterocycles. The molecule has 2 rings (SSSR count). The highest BCUT2D eigenvalue weighted by Crippen LogP contribution is 2.33. The van der Waals surface area contributed by atoms with Crippen LogP contribution in [-0.2, 0) is 0 Å². The maximum Gasteiger partial charge on any atom is 0.159 e. The predicted octanol–water partition coefficient (Wildman–Crippen LogP) is 3.95. The number of imidazole rings is 1. The van der Waals surface area contributed by atoms with Gasteiger partial charge in [0.1, 0.15) is 10.2 Å². The lowest BCUT2D eigenvalue weighted by Gasteiger charge is -2.00.